The van der Waals surface area contributed by atoms with Crippen LogP contribution in [0.15, 0.2) is 0 Å². The van der Waals surface area contributed by atoms with Crippen LogP contribution in [0.3, 0.4) is 0 Å². The third-order valence-electron chi connectivity index (χ3n) is 4.20. The van der Waals surface area contributed by atoms with Gasteiger partial charge < -0.3 is 0 Å². The van der Waals surface area contributed by atoms with Crippen LogP contribution >= 0.6 is 0 Å². The lowest BCUT2D eigenvalue weighted by Gasteiger charge is -2.08. The van der Waals surface area contributed by atoms with Gasteiger partial charge >= 0.3 is 0 Å². The number of hydrogen-bond donors (Lipinski definition) is 0. The zero-order valence-electron chi connectivity index (χ0n) is 10.6. The van der Waals surface area contributed by atoms with Crippen LogP contribution in [0.4, 0.5) is 0 Å². The maximum atomic E-state index is 3.61. The van der Waals surface area contributed by atoms with Gasteiger partial charge in [0.15, 0.2) is 0 Å². The molecule has 2 aliphatic carbocycles. The van der Waals surface area contributed by atoms with Gasteiger partial charge in [0, 0.05) is 11.8 Å². The summed E-state index contributed by atoms with van der Waals surface area (Å²) in [7, 11) is 0. The lowest BCUT2D eigenvalue weighted by atomic mass is 9.97. The van der Waals surface area contributed by atoms with Gasteiger partial charge in [-0.2, -0.15) is 0 Å². The summed E-state index contributed by atoms with van der Waals surface area (Å²) in [5.74, 6) is 8.70. The summed E-state index contributed by atoms with van der Waals surface area (Å²) in [6.45, 7) is 0. The minimum Gasteiger partial charge on any atom is -0.0996 e. The molecule has 0 aromatic rings. The van der Waals surface area contributed by atoms with Crippen molar-refractivity contribution in [2.75, 3.05) is 0 Å². The van der Waals surface area contributed by atoms with Crippen LogP contribution in [0.25, 0.3) is 0 Å². The Morgan fingerprint density at radius 1 is 0.438 bits per heavy atom. The highest BCUT2D eigenvalue weighted by molar-refractivity contribution is 5.07. The van der Waals surface area contributed by atoms with Crippen molar-refractivity contribution in [2.45, 2.75) is 77.0 Å². The second-order valence-corrected chi connectivity index (χ2v) is 5.67. The van der Waals surface area contributed by atoms with E-state index in [0.717, 1.165) is 11.8 Å². The van der Waals surface area contributed by atoms with E-state index in [1.165, 1.54) is 77.0 Å². The Labute approximate surface area is 101 Å². The Morgan fingerprint density at radius 2 is 0.750 bits per heavy atom. The first kappa shape index (κ1) is 12.0. The Hall–Kier alpha value is -0.440. The monoisotopic (exact) mass is 218 g/mol. The van der Waals surface area contributed by atoms with Crippen LogP contribution in [0, 0.1) is 23.7 Å². The molecule has 0 spiro atoms. The molecule has 0 bridgehead atoms. The van der Waals surface area contributed by atoms with E-state index in [1.54, 1.807) is 0 Å². The minimum absolute atomic E-state index is 0.741. The van der Waals surface area contributed by atoms with Crippen molar-refractivity contribution in [3.05, 3.63) is 0 Å². The van der Waals surface area contributed by atoms with E-state index in [9.17, 15) is 0 Å². The largest absolute Gasteiger partial charge is 0.0996 e. The van der Waals surface area contributed by atoms with Gasteiger partial charge in [0.2, 0.25) is 0 Å². The van der Waals surface area contributed by atoms with Crippen molar-refractivity contribution in [1.29, 1.82) is 0 Å². The molecular formula is C16H26. The van der Waals surface area contributed by atoms with E-state index in [0.29, 0.717) is 0 Å². The SMILES string of the molecule is C(#CC1CCCCCC1)C1CCCCCC1. The van der Waals surface area contributed by atoms with Crippen LogP contribution in [-0.2, 0) is 0 Å². The zero-order valence-corrected chi connectivity index (χ0v) is 10.6. The molecule has 0 nitrogen and oxygen atoms in total. The molecule has 16 heavy (non-hydrogen) atoms. The smallest absolute Gasteiger partial charge is 0.0203 e. The van der Waals surface area contributed by atoms with E-state index in [4.69, 9.17) is 0 Å². The Balaban J connectivity index is 1.81. The molecule has 0 aromatic carbocycles. The summed E-state index contributed by atoms with van der Waals surface area (Å²) in [4.78, 5) is 0. The maximum Gasteiger partial charge on any atom is 0.0203 e. The van der Waals surface area contributed by atoms with Crippen LogP contribution in [0.2, 0.25) is 0 Å². The summed E-state index contributed by atoms with van der Waals surface area (Å²) < 4.78 is 0. The minimum atomic E-state index is 0.741. The van der Waals surface area contributed by atoms with Gasteiger partial charge in [-0.25, -0.2) is 0 Å². The van der Waals surface area contributed by atoms with E-state index >= 15 is 0 Å². The quantitative estimate of drug-likeness (QED) is 0.399. The van der Waals surface area contributed by atoms with Crippen molar-refractivity contribution in [2.24, 2.45) is 11.8 Å². The van der Waals surface area contributed by atoms with Crippen molar-refractivity contribution < 1.29 is 0 Å². The molecule has 0 N–H and O–H groups in total. The molecule has 0 aromatic heterocycles. The second kappa shape index (κ2) is 7.00. The molecule has 2 saturated carbocycles. The van der Waals surface area contributed by atoms with E-state index in [-0.39, 0.29) is 0 Å². The summed E-state index contributed by atoms with van der Waals surface area (Å²) in [6, 6.07) is 0. The van der Waals surface area contributed by atoms with Gasteiger partial charge in [0.25, 0.3) is 0 Å². The van der Waals surface area contributed by atoms with Gasteiger partial charge in [-0.05, 0) is 25.7 Å². The Kier molecular flexibility index (Phi) is 5.26. The summed E-state index contributed by atoms with van der Waals surface area (Å²) in [5.41, 5.74) is 0. The van der Waals surface area contributed by atoms with Crippen LogP contribution < -0.4 is 0 Å². The van der Waals surface area contributed by atoms with Gasteiger partial charge in [-0.1, -0.05) is 63.2 Å². The molecule has 0 atom stereocenters. The zero-order chi connectivity index (χ0) is 11.1. The highest BCUT2D eigenvalue weighted by atomic mass is 14.2. The topological polar surface area (TPSA) is 0 Å². The van der Waals surface area contributed by atoms with Crippen molar-refractivity contribution >= 4 is 0 Å². The molecule has 2 fully saturated rings. The molecule has 2 rings (SSSR count). The molecule has 2 aliphatic rings. The van der Waals surface area contributed by atoms with Crippen molar-refractivity contribution in [3.63, 3.8) is 0 Å². The van der Waals surface area contributed by atoms with Crippen molar-refractivity contribution in [1.82, 2.24) is 0 Å². The maximum absolute atomic E-state index is 3.61. The summed E-state index contributed by atoms with van der Waals surface area (Å²) >= 11 is 0. The average Bonchev–Trinajstić information content (AvgIpc) is 2.71. The molecule has 0 saturated heterocycles. The van der Waals surface area contributed by atoms with Crippen LogP contribution in [-0.4, -0.2) is 0 Å². The number of rotatable bonds is 0. The first-order valence-electron chi connectivity index (χ1n) is 7.46. The highest BCUT2D eigenvalue weighted by Gasteiger charge is 2.11. The molecule has 0 heterocycles. The Bertz CT molecular complexity index is 202. The molecule has 0 amide bonds. The lowest BCUT2D eigenvalue weighted by molar-refractivity contribution is 0.559. The fraction of sp³-hybridized carbons (Fsp3) is 0.875. The van der Waals surface area contributed by atoms with Gasteiger partial charge in [0.05, 0.1) is 0 Å². The van der Waals surface area contributed by atoms with E-state index in [1.807, 2.05) is 0 Å². The molecule has 90 valence electrons. The van der Waals surface area contributed by atoms with E-state index < -0.39 is 0 Å². The fourth-order valence-corrected chi connectivity index (χ4v) is 3.08. The summed E-state index contributed by atoms with van der Waals surface area (Å²) in [6.07, 6.45) is 17.0. The fourth-order valence-electron chi connectivity index (χ4n) is 3.08. The molecule has 0 heteroatoms. The van der Waals surface area contributed by atoms with E-state index in [2.05, 4.69) is 11.8 Å². The third kappa shape index (κ3) is 4.20. The lowest BCUT2D eigenvalue weighted by Crippen LogP contribution is -1.98. The predicted molar refractivity (Wildman–Crippen MR) is 70.2 cm³/mol. The van der Waals surface area contributed by atoms with Gasteiger partial charge in [-0.15, -0.1) is 0 Å². The third-order valence-corrected chi connectivity index (χ3v) is 4.20. The van der Waals surface area contributed by atoms with Gasteiger partial charge in [0.1, 0.15) is 0 Å². The molecule has 0 unspecified atom stereocenters. The molecule has 0 radical (unpaired) electrons. The second-order valence-electron chi connectivity index (χ2n) is 5.67. The average molecular weight is 218 g/mol. The van der Waals surface area contributed by atoms with Gasteiger partial charge in [-0.3, -0.25) is 0 Å². The highest BCUT2D eigenvalue weighted by Crippen LogP contribution is 2.24. The normalized spacial score (nSPS) is 25.2. The first-order chi connectivity index (χ1) is 7.95. The first-order valence-corrected chi connectivity index (χ1v) is 7.46. The summed E-state index contributed by atoms with van der Waals surface area (Å²) in [5, 5.41) is 0. The number of hydrogen-bond acceptors (Lipinski definition) is 0. The van der Waals surface area contributed by atoms with Crippen molar-refractivity contribution in [3.8, 4) is 11.8 Å². The standard InChI is InChI=1S/C16H26/c1-2-6-10-15(9-5-1)13-14-16-11-7-3-4-8-12-16/h15-16H,1-12H2. The molecular weight excluding hydrogens is 192 g/mol. The predicted octanol–water partition coefficient (Wildman–Crippen LogP) is 4.93. The van der Waals surface area contributed by atoms with Crippen LogP contribution in [0.1, 0.15) is 77.0 Å². The molecule has 0 aliphatic heterocycles. The Morgan fingerprint density at radius 3 is 1.06 bits per heavy atom. The van der Waals surface area contributed by atoms with Crippen LogP contribution in [0.5, 0.6) is 0 Å².